The molecule has 2 aliphatic heterocycles. The van der Waals surface area contributed by atoms with Crippen LogP contribution in [-0.2, 0) is 9.53 Å². The van der Waals surface area contributed by atoms with Crippen molar-refractivity contribution in [2.24, 2.45) is 0 Å². The number of nitrogens with zero attached hydrogens (tertiary/aromatic N) is 1. The van der Waals surface area contributed by atoms with Gasteiger partial charge in [0.15, 0.2) is 0 Å². The third kappa shape index (κ3) is 3.99. The fraction of sp³-hybridized carbons (Fsp3) is 0.529. The van der Waals surface area contributed by atoms with Gasteiger partial charge in [0.05, 0.1) is 16.8 Å². The highest BCUT2D eigenvalue weighted by Gasteiger charge is 2.34. The normalized spacial score (nSPS) is 23.3. The predicted octanol–water partition coefficient (Wildman–Crippen LogP) is 2.63. The van der Waals surface area contributed by atoms with E-state index < -0.39 is 6.04 Å². The van der Waals surface area contributed by atoms with Crippen molar-refractivity contribution in [3.63, 3.8) is 0 Å². The average Bonchev–Trinajstić information content (AvgIpc) is 3.26. The summed E-state index contributed by atoms with van der Waals surface area (Å²) in [5.41, 5.74) is 0.551. The Labute approximate surface area is 146 Å². The van der Waals surface area contributed by atoms with Gasteiger partial charge >= 0.3 is 6.03 Å². The van der Waals surface area contributed by atoms with Crippen LogP contribution in [0.2, 0.25) is 5.02 Å². The van der Waals surface area contributed by atoms with Gasteiger partial charge in [0.25, 0.3) is 0 Å². The number of para-hydroxylation sites is 1. The summed E-state index contributed by atoms with van der Waals surface area (Å²) in [4.78, 5) is 26.5. The van der Waals surface area contributed by atoms with E-state index in [1.165, 1.54) is 0 Å². The SMILES string of the molecule is O=C(NC[C@@H]1CCCO1)[C@@H]1CCCN1C(=O)Nc1ccccc1Cl. The number of rotatable bonds is 4. The lowest BCUT2D eigenvalue weighted by Crippen LogP contribution is -2.48. The second kappa shape index (κ2) is 7.85. The molecule has 1 aromatic carbocycles. The lowest BCUT2D eigenvalue weighted by molar-refractivity contribution is -0.125. The van der Waals surface area contributed by atoms with Crippen LogP contribution in [0, 0.1) is 0 Å². The summed E-state index contributed by atoms with van der Waals surface area (Å²) in [6.07, 6.45) is 3.60. The van der Waals surface area contributed by atoms with Crippen LogP contribution >= 0.6 is 11.6 Å². The molecular formula is C17H22ClN3O3. The summed E-state index contributed by atoms with van der Waals surface area (Å²) in [6, 6.07) is 6.33. The third-order valence-corrected chi connectivity index (χ3v) is 4.79. The molecule has 1 aromatic rings. The Kier molecular flexibility index (Phi) is 5.58. The van der Waals surface area contributed by atoms with Crippen LogP contribution in [0.4, 0.5) is 10.5 Å². The Morgan fingerprint density at radius 3 is 2.83 bits per heavy atom. The monoisotopic (exact) mass is 351 g/mol. The number of amides is 3. The summed E-state index contributed by atoms with van der Waals surface area (Å²) in [5, 5.41) is 6.18. The molecule has 2 atom stereocenters. The van der Waals surface area contributed by atoms with Crippen molar-refractivity contribution < 1.29 is 14.3 Å². The van der Waals surface area contributed by atoms with Crippen molar-refractivity contribution in [2.45, 2.75) is 37.8 Å². The molecule has 0 aliphatic carbocycles. The number of carbonyl (C=O) groups is 2. The number of halogens is 1. The molecule has 3 rings (SSSR count). The van der Waals surface area contributed by atoms with Gasteiger partial charge in [0, 0.05) is 19.7 Å². The van der Waals surface area contributed by atoms with E-state index in [1.807, 2.05) is 0 Å². The van der Waals surface area contributed by atoms with Crippen LogP contribution in [0.15, 0.2) is 24.3 Å². The van der Waals surface area contributed by atoms with Gasteiger partial charge < -0.3 is 20.3 Å². The van der Waals surface area contributed by atoms with Crippen LogP contribution < -0.4 is 10.6 Å². The van der Waals surface area contributed by atoms with Crippen LogP contribution in [0.25, 0.3) is 0 Å². The summed E-state index contributed by atoms with van der Waals surface area (Å²) in [7, 11) is 0. The first-order valence-electron chi connectivity index (χ1n) is 8.36. The van der Waals surface area contributed by atoms with Crippen molar-refractivity contribution in [2.75, 3.05) is 25.0 Å². The number of nitrogens with one attached hydrogen (secondary N) is 2. The van der Waals surface area contributed by atoms with E-state index in [-0.39, 0.29) is 18.0 Å². The van der Waals surface area contributed by atoms with Gasteiger partial charge in [-0.15, -0.1) is 0 Å². The number of anilines is 1. The van der Waals surface area contributed by atoms with Gasteiger partial charge in [-0.25, -0.2) is 4.79 Å². The first kappa shape index (κ1) is 17.0. The Balaban J connectivity index is 1.56. The molecule has 0 bridgehead atoms. The van der Waals surface area contributed by atoms with Crippen molar-refractivity contribution in [1.29, 1.82) is 0 Å². The van der Waals surface area contributed by atoms with Gasteiger partial charge in [-0.3, -0.25) is 4.79 Å². The maximum atomic E-state index is 12.5. The lowest BCUT2D eigenvalue weighted by atomic mass is 10.2. The maximum absolute atomic E-state index is 12.5. The average molecular weight is 352 g/mol. The molecule has 130 valence electrons. The fourth-order valence-electron chi connectivity index (χ4n) is 3.17. The second-order valence-electron chi connectivity index (χ2n) is 6.14. The number of benzene rings is 1. The summed E-state index contributed by atoms with van der Waals surface area (Å²) >= 11 is 6.07. The first-order valence-corrected chi connectivity index (χ1v) is 8.74. The lowest BCUT2D eigenvalue weighted by Gasteiger charge is -2.25. The number of carbonyl (C=O) groups excluding carboxylic acids is 2. The minimum Gasteiger partial charge on any atom is -0.376 e. The Morgan fingerprint density at radius 2 is 2.08 bits per heavy atom. The predicted molar refractivity (Wildman–Crippen MR) is 92.2 cm³/mol. The standard InChI is InChI=1S/C17H22ClN3O3/c18-13-6-1-2-7-14(13)20-17(23)21-9-3-8-15(21)16(22)19-11-12-5-4-10-24-12/h1-2,6-7,12,15H,3-5,8-11H2,(H,19,22)(H,20,23)/t12-,15-/m0/s1. The zero-order valence-corrected chi connectivity index (χ0v) is 14.2. The largest absolute Gasteiger partial charge is 0.376 e. The van der Waals surface area contributed by atoms with Crippen LogP contribution in [-0.4, -0.2) is 48.7 Å². The molecule has 2 aliphatic rings. The van der Waals surface area contributed by atoms with E-state index in [9.17, 15) is 9.59 Å². The number of likely N-dealkylation sites (tertiary alicyclic amines) is 1. The Hall–Kier alpha value is -1.79. The van der Waals surface area contributed by atoms with E-state index in [0.29, 0.717) is 30.2 Å². The molecule has 0 saturated carbocycles. The highest BCUT2D eigenvalue weighted by molar-refractivity contribution is 6.33. The molecule has 0 radical (unpaired) electrons. The second-order valence-corrected chi connectivity index (χ2v) is 6.55. The Bertz CT molecular complexity index is 604. The number of hydrogen-bond donors (Lipinski definition) is 2. The van der Waals surface area contributed by atoms with E-state index >= 15 is 0 Å². The zero-order chi connectivity index (χ0) is 16.9. The number of hydrogen-bond acceptors (Lipinski definition) is 3. The van der Waals surface area contributed by atoms with Crippen molar-refractivity contribution >= 4 is 29.2 Å². The molecule has 2 saturated heterocycles. The van der Waals surface area contributed by atoms with Gasteiger partial charge in [-0.05, 0) is 37.8 Å². The van der Waals surface area contributed by atoms with Gasteiger partial charge in [0.2, 0.25) is 5.91 Å². The summed E-state index contributed by atoms with van der Waals surface area (Å²) in [5.74, 6) is -0.114. The molecule has 3 amide bonds. The quantitative estimate of drug-likeness (QED) is 0.876. The fourth-order valence-corrected chi connectivity index (χ4v) is 3.35. The highest BCUT2D eigenvalue weighted by atomic mass is 35.5. The Morgan fingerprint density at radius 1 is 1.25 bits per heavy atom. The summed E-state index contributed by atoms with van der Waals surface area (Å²) < 4.78 is 5.51. The molecule has 2 N–H and O–H groups in total. The minimum absolute atomic E-state index is 0.0979. The first-order chi connectivity index (χ1) is 11.6. The van der Waals surface area contributed by atoms with Crippen molar-refractivity contribution in [3.8, 4) is 0 Å². The highest BCUT2D eigenvalue weighted by Crippen LogP contribution is 2.23. The van der Waals surface area contributed by atoms with Crippen molar-refractivity contribution in [1.82, 2.24) is 10.2 Å². The topological polar surface area (TPSA) is 70.7 Å². The number of urea groups is 1. The number of ether oxygens (including phenoxy) is 1. The van der Waals surface area contributed by atoms with E-state index in [0.717, 1.165) is 25.9 Å². The molecule has 24 heavy (non-hydrogen) atoms. The van der Waals surface area contributed by atoms with Gasteiger partial charge in [0.1, 0.15) is 6.04 Å². The minimum atomic E-state index is -0.436. The summed E-state index contributed by atoms with van der Waals surface area (Å²) in [6.45, 7) is 1.83. The van der Waals surface area contributed by atoms with Crippen LogP contribution in [0.5, 0.6) is 0 Å². The molecular weight excluding hydrogens is 330 g/mol. The van der Waals surface area contributed by atoms with Crippen LogP contribution in [0.1, 0.15) is 25.7 Å². The molecule has 0 spiro atoms. The van der Waals surface area contributed by atoms with Crippen molar-refractivity contribution in [3.05, 3.63) is 29.3 Å². The molecule has 6 nitrogen and oxygen atoms in total. The maximum Gasteiger partial charge on any atom is 0.322 e. The molecule has 2 fully saturated rings. The van der Waals surface area contributed by atoms with E-state index in [4.69, 9.17) is 16.3 Å². The smallest absolute Gasteiger partial charge is 0.322 e. The van der Waals surface area contributed by atoms with E-state index in [1.54, 1.807) is 29.2 Å². The molecule has 0 unspecified atom stereocenters. The zero-order valence-electron chi connectivity index (χ0n) is 13.5. The van der Waals surface area contributed by atoms with Gasteiger partial charge in [-0.1, -0.05) is 23.7 Å². The van der Waals surface area contributed by atoms with Gasteiger partial charge in [-0.2, -0.15) is 0 Å². The molecule has 7 heteroatoms. The van der Waals surface area contributed by atoms with E-state index in [2.05, 4.69) is 10.6 Å². The third-order valence-electron chi connectivity index (χ3n) is 4.46. The molecule has 0 aromatic heterocycles. The van der Waals surface area contributed by atoms with Crippen LogP contribution in [0.3, 0.4) is 0 Å². The molecule has 2 heterocycles.